The minimum absolute atomic E-state index is 0.0159. The van der Waals surface area contributed by atoms with E-state index in [1.807, 2.05) is 11.8 Å². The molecule has 1 rings (SSSR count). The number of anilines is 2. The molecule has 0 spiro atoms. The highest BCUT2D eigenvalue weighted by molar-refractivity contribution is 5.75. The third kappa shape index (κ3) is 4.60. The second-order valence-electron chi connectivity index (χ2n) is 4.93. The highest BCUT2D eigenvalue weighted by Gasteiger charge is 2.21. The van der Waals surface area contributed by atoms with Crippen LogP contribution < -0.4 is 10.6 Å². The summed E-state index contributed by atoms with van der Waals surface area (Å²) < 4.78 is 0. The molecule has 21 heavy (non-hydrogen) atoms. The second-order valence-corrected chi connectivity index (χ2v) is 4.93. The molecule has 0 aromatic heterocycles. The maximum Gasteiger partial charge on any atom is 0.315 e. The molecule has 118 valence electrons. The van der Waals surface area contributed by atoms with Gasteiger partial charge in [-0.1, -0.05) is 19.9 Å². The van der Waals surface area contributed by atoms with E-state index >= 15 is 0 Å². The van der Waals surface area contributed by atoms with Crippen LogP contribution in [-0.4, -0.2) is 42.5 Å². The van der Waals surface area contributed by atoms with Gasteiger partial charge in [0.1, 0.15) is 11.4 Å². The Morgan fingerprint density at radius 3 is 2.33 bits per heavy atom. The molecule has 2 N–H and O–H groups in total. The molecular formula is C15H26N4O2. The fourth-order valence-corrected chi connectivity index (χ4v) is 2.48. The molecule has 0 bridgehead atoms. The lowest BCUT2D eigenvalue weighted by Crippen LogP contribution is -2.30. The number of para-hydroxylation sites is 1. The van der Waals surface area contributed by atoms with Gasteiger partial charge >= 0.3 is 5.69 Å². The fraction of sp³-hybridized carbons (Fsp3) is 0.600. The Kier molecular flexibility index (Phi) is 6.94. The number of nitrogen functional groups attached to an aromatic ring is 1. The molecule has 1 aromatic rings. The Hall–Kier alpha value is -1.82. The minimum Gasteiger partial charge on any atom is -0.393 e. The van der Waals surface area contributed by atoms with Gasteiger partial charge in [-0.15, -0.1) is 0 Å². The predicted molar refractivity (Wildman–Crippen MR) is 87.8 cm³/mol. The molecule has 0 aliphatic heterocycles. The number of benzene rings is 1. The molecule has 0 amide bonds. The zero-order valence-corrected chi connectivity index (χ0v) is 13.2. The van der Waals surface area contributed by atoms with E-state index in [9.17, 15) is 10.1 Å². The topological polar surface area (TPSA) is 75.6 Å². The van der Waals surface area contributed by atoms with Crippen LogP contribution in [0.15, 0.2) is 18.2 Å². The van der Waals surface area contributed by atoms with Crippen molar-refractivity contribution in [1.82, 2.24) is 4.90 Å². The number of rotatable bonds is 9. The first kappa shape index (κ1) is 17.2. The number of hydrogen-bond donors (Lipinski definition) is 1. The molecule has 0 radical (unpaired) electrons. The molecule has 6 nitrogen and oxygen atoms in total. The molecular weight excluding hydrogens is 268 g/mol. The smallest absolute Gasteiger partial charge is 0.315 e. The summed E-state index contributed by atoms with van der Waals surface area (Å²) in [6.45, 7) is 10.9. The van der Waals surface area contributed by atoms with E-state index in [0.29, 0.717) is 5.69 Å². The number of nitro benzene ring substituents is 1. The lowest BCUT2D eigenvalue weighted by molar-refractivity contribution is -0.383. The number of hydrogen-bond acceptors (Lipinski definition) is 5. The molecule has 1 aromatic carbocycles. The van der Waals surface area contributed by atoms with Crippen LogP contribution in [0.2, 0.25) is 0 Å². The Morgan fingerprint density at radius 2 is 1.81 bits per heavy atom. The molecule has 0 atom stereocenters. The van der Waals surface area contributed by atoms with Crippen LogP contribution in [0.25, 0.3) is 0 Å². The van der Waals surface area contributed by atoms with E-state index in [4.69, 9.17) is 5.73 Å². The van der Waals surface area contributed by atoms with Gasteiger partial charge in [-0.2, -0.15) is 0 Å². The summed E-state index contributed by atoms with van der Waals surface area (Å²) in [6, 6.07) is 5.12. The van der Waals surface area contributed by atoms with Crippen LogP contribution in [0, 0.1) is 10.1 Å². The summed E-state index contributed by atoms with van der Waals surface area (Å²) in [6.07, 6.45) is 0.974. The first-order valence-electron chi connectivity index (χ1n) is 7.55. The minimum atomic E-state index is -0.391. The van der Waals surface area contributed by atoms with Crippen molar-refractivity contribution in [1.29, 1.82) is 0 Å². The van der Waals surface area contributed by atoms with Crippen LogP contribution in [0.1, 0.15) is 27.2 Å². The van der Waals surface area contributed by atoms with Gasteiger partial charge in [0.05, 0.1) is 4.92 Å². The summed E-state index contributed by atoms with van der Waals surface area (Å²) in [5, 5.41) is 11.2. The summed E-state index contributed by atoms with van der Waals surface area (Å²) >= 11 is 0. The van der Waals surface area contributed by atoms with E-state index in [1.165, 1.54) is 0 Å². The number of nitrogens with zero attached hydrogens (tertiary/aromatic N) is 3. The van der Waals surface area contributed by atoms with Gasteiger partial charge < -0.3 is 15.5 Å². The van der Waals surface area contributed by atoms with Gasteiger partial charge in [0.15, 0.2) is 0 Å². The molecule has 0 heterocycles. The molecule has 6 heteroatoms. The summed E-state index contributed by atoms with van der Waals surface area (Å²) in [5.41, 5.74) is 6.61. The molecule has 0 aliphatic carbocycles. The lowest BCUT2D eigenvalue weighted by atomic mass is 10.2. The van der Waals surface area contributed by atoms with Crippen LogP contribution in [0.4, 0.5) is 17.1 Å². The molecule has 0 unspecified atom stereocenters. The van der Waals surface area contributed by atoms with E-state index in [-0.39, 0.29) is 11.4 Å². The van der Waals surface area contributed by atoms with Crippen LogP contribution in [0.3, 0.4) is 0 Å². The van der Waals surface area contributed by atoms with Crippen molar-refractivity contribution < 1.29 is 4.92 Å². The lowest BCUT2D eigenvalue weighted by Gasteiger charge is -2.25. The van der Waals surface area contributed by atoms with Crippen LogP contribution in [-0.2, 0) is 0 Å². The van der Waals surface area contributed by atoms with Crippen molar-refractivity contribution in [3.63, 3.8) is 0 Å². The maximum absolute atomic E-state index is 11.2. The first-order valence-corrected chi connectivity index (χ1v) is 7.55. The maximum atomic E-state index is 11.2. The normalized spacial score (nSPS) is 10.9. The standard InChI is InChI=1S/C15H26N4O2/c1-4-17(5-2)11-8-12-18(6-3)14-10-7-9-13(16)15(14)19(20)21/h7,9-10H,4-6,8,11-12,16H2,1-3H3. The number of nitrogens with two attached hydrogens (primary N) is 1. The highest BCUT2D eigenvalue weighted by Crippen LogP contribution is 2.33. The van der Waals surface area contributed by atoms with Gasteiger partial charge in [0.25, 0.3) is 0 Å². The van der Waals surface area contributed by atoms with Gasteiger partial charge in [-0.25, -0.2) is 0 Å². The average molecular weight is 294 g/mol. The Balaban J connectivity index is 2.81. The monoisotopic (exact) mass is 294 g/mol. The van der Waals surface area contributed by atoms with Crippen molar-refractivity contribution in [2.75, 3.05) is 43.4 Å². The van der Waals surface area contributed by atoms with Crippen molar-refractivity contribution in [3.05, 3.63) is 28.3 Å². The van der Waals surface area contributed by atoms with Crippen molar-refractivity contribution in [2.45, 2.75) is 27.2 Å². The summed E-state index contributed by atoms with van der Waals surface area (Å²) in [7, 11) is 0. The SMILES string of the molecule is CCN(CC)CCCN(CC)c1cccc(N)c1[N+](=O)[O-]. The highest BCUT2D eigenvalue weighted by atomic mass is 16.6. The van der Waals surface area contributed by atoms with E-state index < -0.39 is 4.92 Å². The van der Waals surface area contributed by atoms with E-state index in [2.05, 4.69) is 18.7 Å². The van der Waals surface area contributed by atoms with Crippen LogP contribution >= 0.6 is 0 Å². The molecule has 0 fully saturated rings. The van der Waals surface area contributed by atoms with Gasteiger partial charge in [-0.05, 0) is 45.1 Å². The first-order chi connectivity index (χ1) is 10.0. The van der Waals surface area contributed by atoms with Crippen molar-refractivity contribution in [3.8, 4) is 0 Å². The second kappa shape index (κ2) is 8.46. The number of nitro groups is 1. The Labute approximate surface area is 126 Å². The quantitative estimate of drug-likeness (QED) is 0.430. The Morgan fingerprint density at radius 1 is 1.14 bits per heavy atom. The van der Waals surface area contributed by atoms with Crippen molar-refractivity contribution >= 4 is 17.1 Å². The summed E-state index contributed by atoms with van der Waals surface area (Å²) in [4.78, 5) is 15.2. The zero-order valence-electron chi connectivity index (χ0n) is 13.2. The van der Waals surface area contributed by atoms with Crippen molar-refractivity contribution in [2.24, 2.45) is 0 Å². The summed E-state index contributed by atoms with van der Waals surface area (Å²) in [5.74, 6) is 0. The molecule has 0 saturated carbocycles. The largest absolute Gasteiger partial charge is 0.393 e. The molecule has 0 aliphatic rings. The van der Waals surface area contributed by atoms with Gasteiger partial charge in [0.2, 0.25) is 0 Å². The van der Waals surface area contributed by atoms with Gasteiger partial charge in [-0.3, -0.25) is 10.1 Å². The average Bonchev–Trinajstić information content (AvgIpc) is 2.47. The van der Waals surface area contributed by atoms with E-state index in [1.54, 1.807) is 18.2 Å². The fourth-order valence-electron chi connectivity index (χ4n) is 2.48. The third-order valence-electron chi connectivity index (χ3n) is 3.75. The zero-order chi connectivity index (χ0) is 15.8. The van der Waals surface area contributed by atoms with E-state index in [0.717, 1.165) is 39.1 Å². The molecule has 0 saturated heterocycles. The van der Waals surface area contributed by atoms with Gasteiger partial charge in [0, 0.05) is 13.1 Å². The third-order valence-corrected chi connectivity index (χ3v) is 3.75. The predicted octanol–water partition coefficient (Wildman–Crippen LogP) is 2.74. The van der Waals surface area contributed by atoms with Crippen LogP contribution in [0.5, 0.6) is 0 Å². The Bertz CT molecular complexity index is 461.